The predicted molar refractivity (Wildman–Crippen MR) is 82.7 cm³/mol. The molecule has 20 heavy (non-hydrogen) atoms. The zero-order chi connectivity index (χ0) is 14.4. The first-order valence-electron chi connectivity index (χ1n) is 7.73. The zero-order valence-corrected chi connectivity index (χ0v) is 13.1. The van der Waals surface area contributed by atoms with Crippen LogP contribution in [-0.2, 0) is 11.2 Å². The minimum Gasteiger partial charge on any atom is -0.494 e. The molecule has 3 heteroatoms. The fourth-order valence-electron chi connectivity index (χ4n) is 2.90. The number of hydrogen-bond donors (Lipinski definition) is 0. The molecule has 0 bridgehead atoms. The average molecular weight is 277 g/mol. The monoisotopic (exact) mass is 277 g/mol. The van der Waals surface area contributed by atoms with Crippen LogP contribution in [0.3, 0.4) is 0 Å². The summed E-state index contributed by atoms with van der Waals surface area (Å²) in [6.45, 7) is 12.3. The molecular weight excluding hydrogens is 250 g/mol. The van der Waals surface area contributed by atoms with E-state index in [9.17, 15) is 0 Å². The van der Waals surface area contributed by atoms with Crippen LogP contribution in [-0.4, -0.2) is 44.4 Å². The number of ether oxygens (including phenoxy) is 2. The third-order valence-corrected chi connectivity index (χ3v) is 3.99. The lowest BCUT2D eigenvalue weighted by Gasteiger charge is -2.26. The van der Waals surface area contributed by atoms with Gasteiger partial charge in [-0.25, -0.2) is 0 Å². The van der Waals surface area contributed by atoms with Crippen LogP contribution in [0.1, 0.15) is 30.0 Å². The Kier molecular flexibility index (Phi) is 5.86. The van der Waals surface area contributed by atoms with E-state index < -0.39 is 0 Å². The van der Waals surface area contributed by atoms with Crippen LogP contribution >= 0.6 is 0 Å². The number of nitrogens with zero attached hydrogens (tertiary/aromatic N) is 1. The van der Waals surface area contributed by atoms with Crippen LogP contribution in [0.15, 0.2) is 12.1 Å². The van der Waals surface area contributed by atoms with Crippen LogP contribution in [0.5, 0.6) is 5.75 Å². The molecule has 1 fully saturated rings. The highest BCUT2D eigenvalue weighted by Crippen LogP contribution is 2.23. The summed E-state index contributed by atoms with van der Waals surface area (Å²) in [4.78, 5) is 2.50. The third kappa shape index (κ3) is 4.22. The number of benzene rings is 1. The van der Waals surface area contributed by atoms with Crippen molar-refractivity contribution < 1.29 is 9.47 Å². The number of rotatable bonds is 6. The van der Waals surface area contributed by atoms with E-state index in [1.807, 2.05) is 6.92 Å². The summed E-state index contributed by atoms with van der Waals surface area (Å²) in [6, 6.07) is 4.33. The standard InChI is InChI=1S/C17H27NO2/c1-4-20-16-12-14(2)17(15(3)13-16)6-5-7-18-8-10-19-11-9-18/h12-13H,4-11H2,1-3H3. The Labute approximate surface area is 122 Å². The van der Waals surface area contributed by atoms with E-state index in [0.717, 1.165) is 45.1 Å². The third-order valence-electron chi connectivity index (χ3n) is 3.99. The number of aryl methyl sites for hydroxylation is 2. The highest BCUT2D eigenvalue weighted by Gasteiger charge is 2.11. The Morgan fingerprint density at radius 2 is 1.80 bits per heavy atom. The van der Waals surface area contributed by atoms with Crippen molar-refractivity contribution in [3.63, 3.8) is 0 Å². The molecule has 0 amide bonds. The molecule has 2 rings (SSSR count). The first kappa shape index (κ1) is 15.3. The Bertz CT molecular complexity index is 402. The van der Waals surface area contributed by atoms with Gasteiger partial charge in [0.1, 0.15) is 5.75 Å². The van der Waals surface area contributed by atoms with Gasteiger partial charge in [0.2, 0.25) is 0 Å². The molecule has 0 N–H and O–H groups in total. The van der Waals surface area contributed by atoms with Crippen molar-refractivity contribution in [2.45, 2.75) is 33.6 Å². The van der Waals surface area contributed by atoms with Gasteiger partial charge in [0.05, 0.1) is 19.8 Å². The topological polar surface area (TPSA) is 21.7 Å². The van der Waals surface area contributed by atoms with Gasteiger partial charge in [0, 0.05) is 13.1 Å². The molecule has 112 valence electrons. The minimum absolute atomic E-state index is 0.731. The number of morpholine rings is 1. The highest BCUT2D eigenvalue weighted by atomic mass is 16.5. The Morgan fingerprint density at radius 1 is 1.15 bits per heavy atom. The molecule has 0 aromatic heterocycles. The molecule has 3 nitrogen and oxygen atoms in total. The zero-order valence-electron chi connectivity index (χ0n) is 13.1. The van der Waals surface area contributed by atoms with Crippen molar-refractivity contribution >= 4 is 0 Å². The van der Waals surface area contributed by atoms with Gasteiger partial charge in [0.25, 0.3) is 0 Å². The maximum absolute atomic E-state index is 5.60. The summed E-state index contributed by atoms with van der Waals surface area (Å²) < 4.78 is 11.0. The maximum Gasteiger partial charge on any atom is 0.119 e. The van der Waals surface area contributed by atoms with E-state index >= 15 is 0 Å². The van der Waals surface area contributed by atoms with Gasteiger partial charge in [-0.05, 0) is 69.0 Å². The van der Waals surface area contributed by atoms with Crippen LogP contribution < -0.4 is 4.74 Å². The summed E-state index contributed by atoms with van der Waals surface area (Å²) in [6.07, 6.45) is 2.37. The van der Waals surface area contributed by atoms with Crippen molar-refractivity contribution in [3.05, 3.63) is 28.8 Å². The van der Waals surface area contributed by atoms with Crippen molar-refractivity contribution in [1.82, 2.24) is 4.90 Å². The quantitative estimate of drug-likeness (QED) is 0.798. The van der Waals surface area contributed by atoms with Gasteiger partial charge in [-0.2, -0.15) is 0 Å². The maximum atomic E-state index is 5.60. The fraction of sp³-hybridized carbons (Fsp3) is 0.647. The van der Waals surface area contributed by atoms with Crippen LogP contribution in [0.4, 0.5) is 0 Å². The van der Waals surface area contributed by atoms with Crippen molar-refractivity contribution in [3.8, 4) is 5.75 Å². The van der Waals surface area contributed by atoms with Gasteiger partial charge >= 0.3 is 0 Å². The summed E-state index contributed by atoms with van der Waals surface area (Å²) >= 11 is 0. The normalized spacial score (nSPS) is 16.4. The van der Waals surface area contributed by atoms with E-state index in [-0.39, 0.29) is 0 Å². The van der Waals surface area contributed by atoms with E-state index in [1.54, 1.807) is 0 Å². The first-order chi connectivity index (χ1) is 9.70. The molecule has 1 heterocycles. The molecule has 0 radical (unpaired) electrons. The van der Waals surface area contributed by atoms with Crippen molar-refractivity contribution in [1.29, 1.82) is 0 Å². The second-order valence-electron chi connectivity index (χ2n) is 5.53. The molecule has 1 aromatic carbocycles. The minimum atomic E-state index is 0.731. The Morgan fingerprint density at radius 3 is 2.40 bits per heavy atom. The van der Waals surface area contributed by atoms with E-state index in [1.165, 1.54) is 29.7 Å². The highest BCUT2D eigenvalue weighted by molar-refractivity contribution is 5.41. The Balaban J connectivity index is 1.88. The van der Waals surface area contributed by atoms with Crippen LogP contribution in [0, 0.1) is 13.8 Å². The van der Waals surface area contributed by atoms with Crippen molar-refractivity contribution in [2.75, 3.05) is 39.5 Å². The first-order valence-corrected chi connectivity index (χ1v) is 7.73. The second kappa shape index (κ2) is 7.65. The molecule has 0 saturated carbocycles. The van der Waals surface area contributed by atoms with E-state index in [0.29, 0.717) is 0 Å². The SMILES string of the molecule is CCOc1cc(C)c(CCCN2CCOCC2)c(C)c1. The molecule has 1 aliphatic rings. The van der Waals surface area contributed by atoms with Gasteiger partial charge in [0.15, 0.2) is 0 Å². The number of hydrogen-bond acceptors (Lipinski definition) is 3. The lowest BCUT2D eigenvalue weighted by Crippen LogP contribution is -2.37. The van der Waals surface area contributed by atoms with Gasteiger partial charge in [-0.1, -0.05) is 0 Å². The summed E-state index contributed by atoms with van der Waals surface area (Å²) in [5.74, 6) is 0.999. The molecule has 1 aliphatic heterocycles. The summed E-state index contributed by atoms with van der Waals surface area (Å²) in [5.41, 5.74) is 4.20. The lowest BCUT2D eigenvalue weighted by atomic mass is 9.98. The summed E-state index contributed by atoms with van der Waals surface area (Å²) in [7, 11) is 0. The molecule has 0 aliphatic carbocycles. The molecule has 1 saturated heterocycles. The van der Waals surface area contributed by atoms with Crippen LogP contribution in [0.2, 0.25) is 0 Å². The van der Waals surface area contributed by atoms with E-state index in [4.69, 9.17) is 9.47 Å². The fourth-order valence-corrected chi connectivity index (χ4v) is 2.90. The summed E-state index contributed by atoms with van der Waals surface area (Å²) in [5, 5.41) is 0. The average Bonchev–Trinajstić information content (AvgIpc) is 2.43. The predicted octanol–water partition coefficient (Wildman–Crippen LogP) is 2.97. The molecule has 0 unspecified atom stereocenters. The molecular formula is C17H27NO2. The lowest BCUT2D eigenvalue weighted by molar-refractivity contribution is 0.0374. The van der Waals surface area contributed by atoms with E-state index in [2.05, 4.69) is 30.9 Å². The van der Waals surface area contributed by atoms with Gasteiger partial charge in [-0.15, -0.1) is 0 Å². The molecule has 1 aromatic rings. The Hall–Kier alpha value is -1.06. The largest absolute Gasteiger partial charge is 0.494 e. The van der Waals surface area contributed by atoms with Gasteiger partial charge in [-0.3, -0.25) is 4.90 Å². The molecule has 0 atom stereocenters. The second-order valence-corrected chi connectivity index (χ2v) is 5.53. The van der Waals surface area contributed by atoms with Crippen LogP contribution in [0.25, 0.3) is 0 Å². The molecule has 0 spiro atoms. The van der Waals surface area contributed by atoms with Gasteiger partial charge < -0.3 is 9.47 Å². The smallest absolute Gasteiger partial charge is 0.119 e. The van der Waals surface area contributed by atoms with Crippen molar-refractivity contribution in [2.24, 2.45) is 0 Å².